The number of halogens is 1. The molecule has 94 valence electrons. The first-order valence-electron chi connectivity index (χ1n) is 5.54. The number of hydrogen-bond acceptors (Lipinski definition) is 1. The first-order chi connectivity index (χ1) is 5.75. The van der Waals surface area contributed by atoms with Crippen molar-refractivity contribution in [1.82, 2.24) is 0 Å². The fourth-order valence-electron chi connectivity index (χ4n) is 1.74. The molecule has 0 aromatic carbocycles. The van der Waals surface area contributed by atoms with Gasteiger partial charge in [0.05, 0.1) is 0 Å². The van der Waals surface area contributed by atoms with Crippen molar-refractivity contribution in [2.45, 2.75) is 67.9 Å². The smallest absolute Gasteiger partial charge is 0.0154 e. The van der Waals surface area contributed by atoms with Crippen molar-refractivity contribution in [1.29, 1.82) is 0 Å². The van der Waals surface area contributed by atoms with Crippen LogP contribution in [0.4, 0.5) is 0 Å². The van der Waals surface area contributed by atoms with E-state index in [1.807, 2.05) is 0 Å². The summed E-state index contributed by atoms with van der Waals surface area (Å²) in [5.41, 5.74) is 6.68. The zero-order valence-corrected chi connectivity index (χ0v) is 12.8. The Bertz CT molecular complexity index is 180. The molecule has 0 bridgehead atoms. The summed E-state index contributed by atoms with van der Waals surface area (Å²) in [5.74, 6) is 0. The van der Waals surface area contributed by atoms with E-state index >= 15 is 0 Å². The van der Waals surface area contributed by atoms with Crippen LogP contribution in [-0.4, -0.2) is 5.54 Å². The van der Waals surface area contributed by atoms with Crippen LogP contribution in [0.15, 0.2) is 0 Å². The van der Waals surface area contributed by atoms with Gasteiger partial charge in [0, 0.05) is 5.54 Å². The van der Waals surface area contributed by atoms with Gasteiger partial charge in [0.1, 0.15) is 0 Å². The Morgan fingerprint density at radius 2 is 0.867 bits per heavy atom. The highest BCUT2D eigenvalue weighted by molar-refractivity contribution is 5.85. The van der Waals surface area contributed by atoms with Crippen LogP contribution in [0.25, 0.3) is 0 Å². The molecule has 0 rings (SSSR count). The molecule has 0 amide bonds. The van der Waals surface area contributed by atoms with Crippen LogP contribution in [0.2, 0.25) is 0 Å². The van der Waals surface area contributed by atoms with Gasteiger partial charge in [-0.05, 0) is 30.1 Å². The molecule has 1 nitrogen and oxygen atoms in total. The third-order valence-electron chi connectivity index (χ3n) is 5.05. The molecule has 0 aliphatic heterocycles. The lowest BCUT2D eigenvalue weighted by Gasteiger charge is -2.56. The number of nitrogens with two attached hydrogens (primary N) is 1. The Morgan fingerprint density at radius 1 is 0.600 bits per heavy atom. The molecule has 0 aliphatic carbocycles. The molecule has 0 heterocycles. The molecule has 2 heteroatoms. The third kappa shape index (κ3) is 2.88. The Morgan fingerprint density at radius 3 is 0.933 bits per heavy atom. The highest BCUT2D eigenvalue weighted by atomic mass is 35.5. The monoisotopic (exact) mass is 235 g/mol. The van der Waals surface area contributed by atoms with Crippen LogP contribution >= 0.6 is 12.4 Å². The van der Waals surface area contributed by atoms with Gasteiger partial charge in [-0.25, -0.2) is 0 Å². The quantitative estimate of drug-likeness (QED) is 0.761. The predicted molar refractivity (Wildman–Crippen MR) is 72.5 cm³/mol. The summed E-state index contributed by atoms with van der Waals surface area (Å²) in [7, 11) is 0. The molecule has 0 radical (unpaired) electrons. The molecule has 0 saturated carbocycles. The SMILES string of the molecule is CC(C)(C)C(C)(C)C(C)(C)C(C)(C)N.Cl. The van der Waals surface area contributed by atoms with Gasteiger partial charge >= 0.3 is 0 Å². The third-order valence-corrected chi connectivity index (χ3v) is 5.05. The number of rotatable bonds is 2. The topological polar surface area (TPSA) is 26.0 Å². The summed E-state index contributed by atoms with van der Waals surface area (Å²) in [4.78, 5) is 0. The Balaban J connectivity index is 0. The van der Waals surface area contributed by atoms with Crippen molar-refractivity contribution in [3.05, 3.63) is 0 Å². The van der Waals surface area contributed by atoms with E-state index in [-0.39, 0.29) is 34.2 Å². The van der Waals surface area contributed by atoms with Crippen LogP contribution in [0.1, 0.15) is 62.3 Å². The lowest BCUT2D eigenvalue weighted by Crippen LogP contribution is -2.58. The van der Waals surface area contributed by atoms with Gasteiger partial charge in [-0.3, -0.25) is 0 Å². The van der Waals surface area contributed by atoms with Gasteiger partial charge in [-0.1, -0.05) is 48.5 Å². The summed E-state index contributed by atoms with van der Waals surface area (Å²) >= 11 is 0. The van der Waals surface area contributed by atoms with Gasteiger partial charge in [-0.15, -0.1) is 12.4 Å². The highest BCUT2D eigenvalue weighted by Gasteiger charge is 2.51. The molecular formula is C13H30ClN. The van der Waals surface area contributed by atoms with E-state index in [4.69, 9.17) is 5.73 Å². The Labute approximate surface area is 103 Å². The molecule has 0 aromatic heterocycles. The first kappa shape index (κ1) is 17.6. The second-order valence-electron chi connectivity index (χ2n) is 7.22. The summed E-state index contributed by atoms with van der Waals surface area (Å²) in [5, 5.41) is 0. The summed E-state index contributed by atoms with van der Waals surface area (Å²) in [6.45, 7) is 20.3. The van der Waals surface area contributed by atoms with E-state index in [9.17, 15) is 0 Å². The van der Waals surface area contributed by atoms with Gasteiger partial charge in [0.15, 0.2) is 0 Å². The molecule has 0 spiro atoms. The van der Waals surface area contributed by atoms with Crippen molar-refractivity contribution in [3.63, 3.8) is 0 Å². The van der Waals surface area contributed by atoms with Crippen LogP contribution in [0.5, 0.6) is 0 Å². The molecule has 2 N–H and O–H groups in total. The standard InChI is InChI=1S/C13H29N.ClH/c1-10(2,3)11(4,5)12(6,7)13(8,9)14;/h14H2,1-9H3;1H. The van der Waals surface area contributed by atoms with Crippen LogP contribution in [-0.2, 0) is 0 Å². The van der Waals surface area contributed by atoms with Gasteiger partial charge in [0.2, 0.25) is 0 Å². The van der Waals surface area contributed by atoms with E-state index in [1.165, 1.54) is 0 Å². The molecule has 15 heavy (non-hydrogen) atoms. The van der Waals surface area contributed by atoms with Crippen molar-refractivity contribution >= 4 is 12.4 Å². The van der Waals surface area contributed by atoms with Crippen molar-refractivity contribution in [2.75, 3.05) is 0 Å². The zero-order valence-electron chi connectivity index (χ0n) is 12.0. The first-order valence-corrected chi connectivity index (χ1v) is 5.54. The van der Waals surface area contributed by atoms with Crippen LogP contribution in [0.3, 0.4) is 0 Å². The normalized spacial score (nSPS) is 14.8. The zero-order chi connectivity index (χ0) is 12.0. The Kier molecular flexibility index (Phi) is 5.00. The largest absolute Gasteiger partial charge is 0.325 e. The summed E-state index contributed by atoms with van der Waals surface area (Å²) in [6, 6.07) is 0. The maximum Gasteiger partial charge on any atom is 0.0154 e. The average Bonchev–Trinajstić information content (AvgIpc) is 1.81. The average molecular weight is 236 g/mol. The van der Waals surface area contributed by atoms with Gasteiger partial charge < -0.3 is 5.73 Å². The molecule has 0 aromatic rings. The van der Waals surface area contributed by atoms with Gasteiger partial charge in [0.25, 0.3) is 0 Å². The molecule has 0 atom stereocenters. The second-order valence-corrected chi connectivity index (χ2v) is 7.22. The van der Waals surface area contributed by atoms with E-state index in [0.717, 1.165) is 0 Å². The Hall–Kier alpha value is 0.250. The van der Waals surface area contributed by atoms with Gasteiger partial charge in [-0.2, -0.15) is 0 Å². The molecule has 0 aliphatic rings. The molecule has 0 unspecified atom stereocenters. The van der Waals surface area contributed by atoms with E-state index in [2.05, 4.69) is 62.3 Å². The molecule has 0 saturated heterocycles. The minimum atomic E-state index is -0.163. The van der Waals surface area contributed by atoms with Crippen LogP contribution in [0, 0.1) is 16.2 Å². The van der Waals surface area contributed by atoms with Crippen molar-refractivity contribution in [2.24, 2.45) is 22.0 Å². The summed E-state index contributed by atoms with van der Waals surface area (Å²) in [6.07, 6.45) is 0. The van der Waals surface area contributed by atoms with Crippen LogP contribution < -0.4 is 5.73 Å². The lowest BCUT2D eigenvalue weighted by atomic mass is 9.50. The molecular weight excluding hydrogens is 206 g/mol. The van der Waals surface area contributed by atoms with Crippen molar-refractivity contribution < 1.29 is 0 Å². The minimum absolute atomic E-state index is 0. The van der Waals surface area contributed by atoms with E-state index < -0.39 is 0 Å². The maximum absolute atomic E-state index is 6.30. The highest BCUT2D eigenvalue weighted by Crippen LogP contribution is 2.54. The lowest BCUT2D eigenvalue weighted by molar-refractivity contribution is -0.0505. The summed E-state index contributed by atoms with van der Waals surface area (Å²) < 4.78 is 0. The fourth-order valence-corrected chi connectivity index (χ4v) is 1.74. The predicted octanol–water partition coefficient (Wildman–Crippen LogP) is 4.24. The van der Waals surface area contributed by atoms with E-state index in [0.29, 0.717) is 0 Å². The second kappa shape index (κ2) is 4.25. The minimum Gasteiger partial charge on any atom is -0.325 e. The molecule has 0 fully saturated rings. The van der Waals surface area contributed by atoms with E-state index in [1.54, 1.807) is 0 Å². The fraction of sp³-hybridized carbons (Fsp3) is 1.00. The number of hydrogen-bond donors (Lipinski definition) is 1. The van der Waals surface area contributed by atoms with Crippen molar-refractivity contribution in [3.8, 4) is 0 Å². The maximum atomic E-state index is 6.30.